The first-order valence-electron chi connectivity index (χ1n) is 20.2. The number of ether oxygens (including phenoxy) is 2. The van der Waals surface area contributed by atoms with Crippen molar-refractivity contribution in [1.29, 1.82) is 0 Å². The molecule has 7 aromatic rings. The molecule has 7 rings (SSSR count). The molecule has 10 nitrogen and oxygen atoms in total. The molecule has 1 N–H and O–H groups in total. The van der Waals surface area contributed by atoms with E-state index < -0.39 is 5.76 Å². The maximum atomic E-state index is 12.9. The third-order valence-electron chi connectivity index (χ3n) is 9.43. The summed E-state index contributed by atoms with van der Waals surface area (Å²) in [7, 11) is 1.55. The SMILES string of the molecule is C.CC(C)Oc1ccc(-c2nn(Cc3ccc(-c4ccccc4)cc3)c(=O)o2)cc1Cl.CNC(=O)N(CC(=O)c1ccc(OC(C)C)c(Cl)c1)Cc1ccc(-c2ccccc2)cc1. The Morgan fingerprint density at radius 1 is 0.667 bits per heavy atom. The van der Waals surface area contributed by atoms with Crippen molar-refractivity contribution < 1.29 is 23.5 Å². The summed E-state index contributed by atoms with van der Waals surface area (Å²) in [6.07, 6.45) is -0.00941. The molecule has 0 unspecified atom stereocenters. The highest BCUT2D eigenvalue weighted by atomic mass is 35.5. The minimum atomic E-state index is -0.518. The number of benzene rings is 6. The summed E-state index contributed by atoms with van der Waals surface area (Å²) in [5.74, 6) is 0.609. The van der Waals surface area contributed by atoms with Gasteiger partial charge in [0, 0.05) is 24.7 Å². The van der Waals surface area contributed by atoms with Gasteiger partial charge in [0.1, 0.15) is 11.5 Å². The number of Topliss-reactive ketones (excluding diaryl/α,β-unsaturated/α-hetero) is 1. The van der Waals surface area contributed by atoms with E-state index in [1.54, 1.807) is 43.4 Å². The van der Waals surface area contributed by atoms with Gasteiger partial charge in [-0.25, -0.2) is 9.59 Å². The monoisotopic (exact) mass is 886 g/mol. The number of hydrogen-bond acceptors (Lipinski definition) is 7. The van der Waals surface area contributed by atoms with Crippen molar-refractivity contribution in [3.63, 3.8) is 0 Å². The second-order valence-electron chi connectivity index (χ2n) is 14.9. The number of carbonyl (C=O) groups is 2. The molecule has 0 spiro atoms. The molecule has 0 aliphatic heterocycles. The number of rotatable bonds is 14. The third kappa shape index (κ3) is 13.2. The van der Waals surface area contributed by atoms with Crippen LogP contribution in [0.25, 0.3) is 33.7 Å². The number of urea groups is 1. The highest BCUT2D eigenvalue weighted by Crippen LogP contribution is 2.31. The maximum Gasteiger partial charge on any atom is 0.437 e. The summed E-state index contributed by atoms with van der Waals surface area (Å²) in [6, 6.07) is 46.0. The second kappa shape index (κ2) is 22.5. The lowest BCUT2D eigenvalue weighted by Gasteiger charge is -2.22. The lowest BCUT2D eigenvalue weighted by molar-refractivity contribution is 0.0940. The molecule has 0 radical (unpaired) electrons. The van der Waals surface area contributed by atoms with E-state index in [4.69, 9.17) is 37.1 Å². The van der Waals surface area contributed by atoms with Gasteiger partial charge in [0.15, 0.2) is 5.78 Å². The smallest absolute Gasteiger partial charge is 0.437 e. The first kappa shape index (κ1) is 47.4. The molecule has 326 valence electrons. The predicted molar refractivity (Wildman–Crippen MR) is 253 cm³/mol. The van der Waals surface area contributed by atoms with Crippen molar-refractivity contribution in [2.75, 3.05) is 13.6 Å². The van der Waals surface area contributed by atoms with E-state index in [1.807, 2.05) is 125 Å². The molecule has 2 amide bonds. The van der Waals surface area contributed by atoms with E-state index in [1.165, 1.54) is 9.58 Å². The highest BCUT2D eigenvalue weighted by molar-refractivity contribution is 6.32. The topological polar surface area (TPSA) is 116 Å². The Balaban J connectivity index is 0.000000234. The summed E-state index contributed by atoms with van der Waals surface area (Å²) in [5.41, 5.74) is 7.41. The van der Waals surface area contributed by atoms with Gasteiger partial charge in [-0.2, -0.15) is 4.68 Å². The van der Waals surface area contributed by atoms with Gasteiger partial charge in [-0.15, -0.1) is 5.10 Å². The van der Waals surface area contributed by atoms with Crippen LogP contribution in [-0.4, -0.2) is 52.3 Å². The van der Waals surface area contributed by atoms with Crippen LogP contribution in [0, 0.1) is 0 Å². The number of halogens is 2. The zero-order chi connectivity index (χ0) is 44.2. The zero-order valence-corrected chi connectivity index (χ0v) is 36.7. The quantitative estimate of drug-likeness (QED) is 0.108. The lowest BCUT2D eigenvalue weighted by atomic mass is 10.0. The Labute approximate surface area is 379 Å². The average molecular weight is 888 g/mol. The van der Waals surface area contributed by atoms with Gasteiger partial charge >= 0.3 is 11.8 Å². The first-order valence-corrected chi connectivity index (χ1v) is 20.9. The number of nitrogens with one attached hydrogen (secondary N) is 1. The van der Waals surface area contributed by atoms with Gasteiger partial charge in [0.05, 0.1) is 35.3 Å². The molecule has 63 heavy (non-hydrogen) atoms. The summed E-state index contributed by atoms with van der Waals surface area (Å²) in [5, 5.41) is 7.74. The first-order chi connectivity index (χ1) is 29.9. The van der Waals surface area contributed by atoms with Gasteiger partial charge in [0.2, 0.25) is 5.89 Å². The van der Waals surface area contributed by atoms with Crippen molar-refractivity contribution in [3.05, 3.63) is 183 Å². The maximum absolute atomic E-state index is 12.9. The standard InChI is InChI=1S/C26H27ClN2O3.C24H21ClN2O3.CH4/c1-18(2)32-25-14-13-22(15-23(25)27)24(30)17-29(26(31)28-3)16-19-9-11-21(12-10-19)20-7-5-4-6-8-20;1-16(2)29-22-13-12-20(14-21(22)25)23-26-27(24(28)30-23)15-17-8-10-19(11-9-17)18-6-4-3-5-7-18;/h4-15,18H,16-17H2,1-3H3,(H,28,31);3-14,16H,15H2,1-2H3;1H4. The van der Waals surface area contributed by atoms with E-state index >= 15 is 0 Å². The molecule has 0 aliphatic rings. The van der Waals surface area contributed by atoms with E-state index in [0.29, 0.717) is 45.8 Å². The van der Waals surface area contributed by atoms with Crippen LogP contribution >= 0.6 is 23.2 Å². The number of carbonyl (C=O) groups excluding carboxylic acids is 2. The minimum Gasteiger partial charge on any atom is -0.489 e. The Morgan fingerprint density at radius 2 is 1.14 bits per heavy atom. The average Bonchev–Trinajstić information content (AvgIpc) is 3.64. The largest absolute Gasteiger partial charge is 0.489 e. The summed E-state index contributed by atoms with van der Waals surface area (Å²) in [4.78, 5) is 39.1. The third-order valence-corrected chi connectivity index (χ3v) is 10.0. The molecule has 0 saturated heterocycles. The van der Waals surface area contributed by atoms with Gasteiger partial charge in [-0.3, -0.25) is 4.79 Å². The Hall–Kier alpha value is -6.62. The molecule has 0 saturated carbocycles. The number of ketones is 1. The minimum absolute atomic E-state index is 0. The van der Waals surface area contributed by atoms with Crippen LogP contribution in [0.5, 0.6) is 11.5 Å². The fraction of sp³-hybridized carbons (Fsp3) is 0.216. The summed E-state index contributed by atoms with van der Waals surface area (Å²) >= 11 is 12.6. The van der Waals surface area contributed by atoms with Crippen molar-refractivity contribution in [2.45, 2.75) is 60.4 Å². The van der Waals surface area contributed by atoms with Crippen molar-refractivity contribution in [2.24, 2.45) is 0 Å². The number of aromatic nitrogens is 2. The normalized spacial score (nSPS) is 10.7. The van der Waals surface area contributed by atoms with Gasteiger partial charge in [-0.05, 0) is 97.5 Å². The molecule has 12 heteroatoms. The van der Waals surface area contributed by atoms with Gasteiger partial charge in [-0.1, -0.05) is 140 Å². The van der Waals surface area contributed by atoms with Crippen molar-refractivity contribution >= 4 is 35.0 Å². The Bertz CT molecular complexity index is 2630. The fourth-order valence-electron chi connectivity index (χ4n) is 6.41. The van der Waals surface area contributed by atoms with E-state index in [0.717, 1.165) is 33.4 Å². The molecule has 6 aromatic carbocycles. The number of nitrogens with zero attached hydrogens (tertiary/aromatic N) is 3. The highest BCUT2D eigenvalue weighted by Gasteiger charge is 2.19. The van der Waals surface area contributed by atoms with Crippen LogP contribution in [0.3, 0.4) is 0 Å². The van der Waals surface area contributed by atoms with Crippen LogP contribution in [0.4, 0.5) is 4.79 Å². The Kier molecular flexibility index (Phi) is 16.9. The van der Waals surface area contributed by atoms with Crippen LogP contribution in [0.15, 0.2) is 155 Å². The number of hydrogen-bond donors (Lipinski definition) is 1. The second-order valence-corrected chi connectivity index (χ2v) is 15.7. The van der Waals surface area contributed by atoms with Crippen LogP contribution in [0.1, 0.15) is 56.6 Å². The molecule has 0 aliphatic carbocycles. The van der Waals surface area contributed by atoms with Crippen LogP contribution < -0.4 is 20.5 Å². The van der Waals surface area contributed by atoms with Gasteiger partial charge < -0.3 is 24.1 Å². The molecule has 0 atom stereocenters. The van der Waals surface area contributed by atoms with Crippen LogP contribution in [-0.2, 0) is 13.1 Å². The molecular weight excluding hydrogens is 835 g/mol. The Morgan fingerprint density at radius 3 is 1.63 bits per heavy atom. The van der Waals surface area contributed by atoms with Crippen molar-refractivity contribution in [1.82, 2.24) is 20.0 Å². The zero-order valence-electron chi connectivity index (χ0n) is 35.2. The molecule has 0 bridgehead atoms. The lowest BCUT2D eigenvalue weighted by Crippen LogP contribution is -2.40. The summed E-state index contributed by atoms with van der Waals surface area (Å²) < 4.78 is 17.9. The van der Waals surface area contributed by atoms with E-state index in [-0.39, 0.29) is 43.9 Å². The molecule has 1 aromatic heterocycles. The predicted octanol–water partition coefficient (Wildman–Crippen LogP) is 12.1. The van der Waals surface area contributed by atoms with Crippen LogP contribution in [0.2, 0.25) is 10.0 Å². The van der Waals surface area contributed by atoms with E-state index in [9.17, 15) is 14.4 Å². The molecule has 1 heterocycles. The van der Waals surface area contributed by atoms with E-state index in [2.05, 4.69) is 22.5 Å². The number of amides is 2. The fourth-order valence-corrected chi connectivity index (χ4v) is 6.86. The van der Waals surface area contributed by atoms with Gasteiger partial charge in [0.25, 0.3) is 0 Å². The van der Waals surface area contributed by atoms with Crippen molar-refractivity contribution in [3.8, 4) is 45.2 Å². The summed E-state index contributed by atoms with van der Waals surface area (Å²) in [6.45, 7) is 8.23. The molecular formula is C51H52Cl2N4O6. The molecule has 0 fully saturated rings.